The van der Waals surface area contributed by atoms with Gasteiger partial charge in [-0.05, 0) is 42.5 Å². The topological polar surface area (TPSA) is 63.8 Å². The molecule has 1 N–H and O–H groups in total. The second-order valence-corrected chi connectivity index (χ2v) is 9.88. The van der Waals surface area contributed by atoms with Crippen molar-refractivity contribution in [2.45, 2.75) is 58.7 Å². The largest absolute Gasteiger partial charge is 0.352 e. The van der Waals surface area contributed by atoms with Crippen molar-refractivity contribution in [1.82, 2.24) is 14.5 Å². The minimum atomic E-state index is -0.109. The summed E-state index contributed by atoms with van der Waals surface area (Å²) in [7, 11) is 2.00. The number of aryl methyl sites for hydroxylation is 4. The fourth-order valence-electron chi connectivity index (χ4n) is 4.49. The number of imidazole rings is 2. The maximum absolute atomic E-state index is 12.5. The highest BCUT2D eigenvalue weighted by Crippen LogP contribution is 2.10. The maximum Gasteiger partial charge on any atom is 0.251 e. The molecule has 0 aliphatic heterocycles. The van der Waals surface area contributed by atoms with E-state index in [9.17, 15) is 9.59 Å². The average Bonchev–Trinajstić information content (AvgIpc) is 3.57. The van der Waals surface area contributed by atoms with Gasteiger partial charge in [0.05, 0.1) is 20.1 Å². The molecule has 4 aromatic rings. The molecule has 0 bridgehead atoms. The van der Waals surface area contributed by atoms with E-state index < -0.39 is 0 Å². The molecule has 2 heterocycles. The van der Waals surface area contributed by atoms with Gasteiger partial charge in [0.15, 0.2) is 5.78 Å². The van der Waals surface area contributed by atoms with Gasteiger partial charge in [-0.2, -0.15) is 0 Å². The molecule has 0 atom stereocenters. The van der Waals surface area contributed by atoms with Crippen LogP contribution in [0.4, 0.5) is 0 Å². The van der Waals surface area contributed by atoms with Crippen molar-refractivity contribution in [2.24, 2.45) is 7.05 Å². The van der Waals surface area contributed by atoms with Crippen LogP contribution in [0.1, 0.15) is 64.4 Å². The van der Waals surface area contributed by atoms with Crippen LogP contribution in [-0.2, 0) is 33.1 Å². The molecule has 0 saturated carbocycles. The van der Waals surface area contributed by atoms with E-state index in [1.165, 1.54) is 11.1 Å². The lowest BCUT2D eigenvalue weighted by atomic mass is 10.0. The summed E-state index contributed by atoms with van der Waals surface area (Å²) in [5.41, 5.74) is 3.88. The Hall–Kier alpha value is -4.00. The molecular weight excluding hydrogens is 474 g/mol. The summed E-state index contributed by atoms with van der Waals surface area (Å²) in [4.78, 5) is 25.0. The Labute approximate surface area is 225 Å². The summed E-state index contributed by atoms with van der Waals surface area (Å²) in [6.45, 7) is 5.35. The van der Waals surface area contributed by atoms with Crippen LogP contribution in [0.2, 0.25) is 0 Å². The van der Waals surface area contributed by atoms with E-state index in [1.54, 1.807) is 24.3 Å². The van der Waals surface area contributed by atoms with Crippen LogP contribution >= 0.6 is 0 Å². The Balaban J connectivity index is 1.13. The molecule has 0 unspecified atom stereocenters. The van der Waals surface area contributed by atoms with Crippen LogP contribution in [-0.4, -0.2) is 27.4 Å². The number of unbranched alkanes of at least 4 members (excludes halogenated alkanes) is 1. The van der Waals surface area contributed by atoms with Crippen molar-refractivity contribution in [3.05, 3.63) is 108 Å². The Bertz CT molecular complexity index is 1320. The van der Waals surface area contributed by atoms with Crippen molar-refractivity contribution in [3.8, 4) is 0 Å². The number of hydrogen-bond acceptors (Lipinski definition) is 2. The van der Waals surface area contributed by atoms with Crippen molar-refractivity contribution in [1.29, 1.82) is 0 Å². The Morgan fingerprint density at radius 1 is 0.789 bits per heavy atom. The minimum absolute atomic E-state index is 0.109. The molecule has 0 fully saturated rings. The lowest BCUT2D eigenvalue weighted by Gasteiger charge is -2.06. The van der Waals surface area contributed by atoms with E-state index in [-0.39, 0.29) is 11.7 Å². The summed E-state index contributed by atoms with van der Waals surface area (Å²) in [6, 6.07) is 15.8. The van der Waals surface area contributed by atoms with Gasteiger partial charge in [0.1, 0.15) is 31.3 Å². The molecule has 198 valence electrons. The normalized spacial score (nSPS) is 11.0. The van der Waals surface area contributed by atoms with E-state index in [1.807, 2.05) is 30.3 Å². The molecule has 0 radical (unpaired) electrons. The van der Waals surface area contributed by atoms with Gasteiger partial charge in [0.25, 0.3) is 5.91 Å². The number of nitrogens with one attached hydrogen (secondary N) is 1. The highest BCUT2D eigenvalue weighted by Gasteiger charge is 2.10. The minimum Gasteiger partial charge on any atom is -0.352 e. The number of benzene rings is 2. The maximum atomic E-state index is 12.5. The molecule has 4 rings (SSSR count). The number of Topliss-reactive ketones (excluding diaryl/α,β-unsaturated/α-hetero) is 1. The van der Waals surface area contributed by atoms with Gasteiger partial charge >= 0.3 is 0 Å². The monoisotopic (exact) mass is 513 g/mol. The van der Waals surface area contributed by atoms with Crippen molar-refractivity contribution >= 4 is 11.7 Å². The first-order valence-corrected chi connectivity index (χ1v) is 13.6. The summed E-state index contributed by atoms with van der Waals surface area (Å²) < 4.78 is 8.45. The van der Waals surface area contributed by atoms with Gasteiger partial charge in [0, 0.05) is 30.5 Å². The Kier molecular flexibility index (Phi) is 9.62. The number of nitrogens with zero attached hydrogens (tertiary/aromatic N) is 4. The van der Waals surface area contributed by atoms with Gasteiger partial charge in [-0.1, -0.05) is 43.3 Å². The third-order valence-corrected chi connectivity index (χ3v) is 6.78. The lowest BCUT2D eigenvalue weighted by Crippen LogP contribution is -2.31. The second-order valence-electron chi connectivity index (χ2n) is 9.88. The zero-order valence-electron chi connectivity index (χ0n) is 22.6. The zero-order chi connectivity index (χ0) is 26.7. The van der Waals surface area contributed by atoms with Gasteiger partial charge < -0.3 is 5.32 Å². The first kappa shape index (κ1) is 27.0. The number of carbonyl (C=O) groups is 2. The summed E-state index contributed by atoms with van der Waals surface area (Å²) in [5, 5.41) is 2.99. The molecule has 38 heavy (non-hydrogen) atoms. The SMILES string of the molecule is CCc1ccc(C[n+]2ccn(CCCNC(=O)c3ccc(C(=O)CCCCn4cc[n+](C)c4)cc3)c2)cc1. The van der Waals surface area contributed by atoms with E-state index in [0.717, 1.165) is 45.3 Å². The number of hydrogen-bond donors (Lipinski definition) is 1. The van der Waals surface area contributed by atoms with E-state index in [0.29, 0.717) is 24.1 Å². The third kappa shape index (κ3) is 8.00. The summed E-state index contributed by atoms with van der Waals surface area (Å²) in [5.74, 6) is 0.0129. The third-order valence-electron chi connectivity index (χ3n) is 6.78. The molecule has 7 heteroatoms. The van der Waals surface area contributed by atoms with Crippen molar-refractivity contribution in [3.63, 3.8) is 0 Å². The summed E-state index contributed by atoms with van der Waals surface area (Å²) >= 11 is 0. The average molecular weight is 514 g/mol. The molecule has 0 saturated heterocycles. The van der Waals surface area contributed by atoms with E-state index in [2.05, 4.69) is 68.9 Å². The molecule has 7 nitrogen and oxygen atoms in total. The predicted molar refractivity (Wildman–Crippen MR) is 147 cm³/mol. The molecule has 2 aromatic heterocycles. The number of amides is 1. The fraction of sp³-hybridized carbons (Fsp3) is 0.355. The van der Waals surface area contributed by atoms with Gasteiger partial charge in [-0.15, -0.1) is 0 Å². The molecule has 0 aliphatic rings. The Morgan fingerprint density at radius 2 is 1.45 bits per heavy atom. The molecule has 0 spiro atoms. The van der Waals surface area contributed by atoms with Crippen LogP contribution in [0.25, 0.3) is 0 Å². The molecule has 0 aliphatic carbocycles. The van der Waals surface area contributed by atoms with Crippen molar-refractivity contribution < 1.29 is 18.7 Å². The standard InChI is InChI=1S/C31H38N5O2/c1-3-26-8-10-27(11-9-26)23-36-22-21-35(25-36)18-6-16-32-31(38)29-14-12-28(13-15-29)30(37)7-4-5-17-34-20-19-33(2)24-34/h8-15,19-22,24-25H,3-7,16-18,23H2,1-2H3/q+1/p+1. The number of ketones is 1. The Morgan fingerprint density at radius 3 is 2.16 bits per heavy atom. The zero-order valence-corrected chi connectivity index (χ0v) is 22.6. The molecule has 1 amide bonds. The van der Waals surface area contributed by atoms with Gasteiger partial charge in [0.2, 0.25) is 12.7 Å². The van der Waals surface area contributed by atoms with Gasteiger partial charge in [-0.25, -0.2) is 18.3 Å². The highest BCUT2D eigenvalue weighted by molar-refractivity contribution is 5.98. The van der Waals surface area contributed by atoms with Crippen LogP contribution in [0, 0.1) is 0 Å². The number of rotatable bonds is 14. The van der Waals surface area contributed by atoms with Gasteiger partial charge in [-0.3, -0.25) is 9.59 Å². The van der Waals surface area contributed by atoms with Crippen LogP contribution in [0.3, 0.4) is 0 Å². The predicted octanol–water partition coefficient (Wildman–Crippen LogP) is 3.89. The second kappa shape index (κ2) is 13.5. The number of carbonyl (C=O) groups excluding carboxylic acids is 2. The van der Waals surface area contributed by atoms with Crippen LogP contribution in [0.5, 0.6) is 0 Å². The van der Waals surface area contributed by atoms with Crippen molar-refractivity contribution in [2.75, 3.05) is 6.54 Å². The first-order chi connectivity index (χ1) is 18.5. The van der Waals surface area contributed by atoms with E-state index >= 15 is 0 Å². The van der Waals surface area contributed by atoms with Crippen LogP contribution in [0.15, 0.2) is 86.0 Å². The fourth-order valence-corrected chi connectivity index (χ4v) is 4.49. The van der Waals surface area contributed by atoms with Crippen LogP contribution < -0.4 is 14.5 Å². The van der Waals surface area contributed by atoms with E-state index in [4.69, 9.17) is 0 Å². The summed E-state index contributed by atoms with van der Waals surface area (Å²) in [6.07, 6.45) is 16.5. The number of aromatic nitrogens is 4. The quantitative estimate of drug-likeness (QED) is 0.158. The molecule has 2 aromatic carbocycles. The first-order valence-electron chi connectivity index (χ1n) is 13.6. The highest BCUT2D eigenvalue weighted by atomic mass is 16.1. The smallest absolute Gasteiger partial charge is 0.251 e. The lowest BCUT2D eigenvalue weighted by molar-refractivity contribution is -0.687. The molecular formula is C31H39N5O2+2.